The summed E-state index contributed by atoms with van der Waals surface area (Å²) >= 11 is 0. The van der Waals surface area contributed by atoms with Gasteiger partial charge in [-0.3, -0.25) is 0 Å². The highest BCUT2D eigenvalue weighted by molar-refractivity contribution is 5.54. The van der Waals surface area contributed by atoms with Crippen molar-refractivity contribution in [2.24, 2.45) is 5.92 Å². The molecule has 1 aromatic rings. The van der Waals surface area contributed by atoms with Gasteiger partial charge in [-0.15, -0.1) is 0 Å². The molecule has 2 rings (SSSR count). The highest BCUT2D eigenvalue weighted by Crippen LogP contribution is 2.22. The highest BCUT2D eigenvalue weighted by atomic mass is 16.5. The van der Waals surface area contributed by atoms with E-state index in [1.807, 2.05) is 6.07 Å². The lowest BCUT2D eigenvalue weighted by Gasteiger charge is -2.23. The fraction of sp³-hybridized carbons (Fsp3) is 0.200. The van der Waals surface area contributed by atoms with E-state index < -0.39 is 0 Å². The van der Waals surface area contributed by atoms with Crippen LogP contribution in [0, 0.1) is 5.92 Å². The van der Waals surface area contributed by atoms with Gasteiger partial charge in [-0.1, -0.05) is 30.3 Å². The van der Waals surface area contributed by atoms with Gasteiger partial charge in [-0.2, -0.15) is 0 Å². The molecule has 0 saturated heterocycles. The molecule has 2 nitrogen and oxygen atoms in total. The second kappa shape index (κ2) is 5.39. The van der Waals surface area contributed by atoms with Crippen molar-refractivity contribution >= 4 is 6.08 Å². The lowest BCUT2D eigenvalue weighted by molar-refractivity contribution is 0.378. The molecular formula is C15H17NO. The Bertz CT molecular complexity index is 431. The third kappa shape index (κ3) is 3.00. The normalized spacial score (nSPS) is 15.8. The molecule has 0 amide bonds. The molecule has 0 fully saturated rings. The lowest BCUT2D eigenvalue weighted by Crippen LogP contribution is -2.17. The first-order valence-electron chi connectivity index (χ1n) is 5.70. The maximum Gasteiger partial charge on any atom is 0.0871 e. The van der Waals surface area contributed by atoms with Gasteiger partial charge in [0.05, 0.1) is 12.5 Å². The standard InChI is InChI=1S/C15H17NO/c1-16(2)15(14-8-10-17-11-9-14)12-13-6-4-3-5-7-13/h3-12,14H,1-2H3. The Kier molecular flexibility index (Phi) is 3.66. The molecule has 0 spiro atoms. The number of allylic oxidation sites excluding steroid dienone is 1. The van der Waals surface area contributed by atoms with Crippen molar-refractivity contribution in [1.29, 1.82) is 0 Å². The largest absolute Gasteiger partial charge is 0.473 e. The topological polar surface area (TPSA) is 12.5 Å². The summed E-state index contributed by atoms with van der Waals surface area (Å²) in [5.41, 5.74) is 2.46. The van der Waals surface area contributed by atoms with Gasteiger partial charge in [-0.05, 0) is 23.8 Å². The van der Waals surface area contributed by atoms with Crippen molar-refractivity contribution in [2.45, 2.75) is 0 Å². The third-order valence-corrected chi connectivity index (χ3v) is 2.70. The van der Waals surface area contributed by atoms with Crippen molar-refractivity contribution < 1.29 is 4.74 Å². The molecule has 1 heterocycles. The molecule has 88 valence electrons. The van der Waals surface area contributed by atoms with Crippen LogP contribution in [0.1, 0.15) is 5.56 Å². The minimum absolute atomic E-state index is 0.277. The molecule has 17 heavy (non-hydrogen) atoms. The first-order chi connectivity index (χ1) is 8.27. The van der Waals surface area contributed by atoms with Gasteiger partial charge in [0.15, 0.2) is 0 Å². The number of nitrogens with zero attached hydrogens (tertiary/aromatic N) is 1. The Morgan fingerprint density at radius 3 is 2.35 bits per heavy atom. The molecule has 0 bridgehead atoms. The van der Waals surface area contributed by atoms with Gasteiger partial charge in [-0.25, -0.2) is 0 Å². The Morgan fingerprint density at radius 1 is 1.12 bits per heavy atom. The third-order valence-electron chi connectivity index (χ3n) is 2.70. The van der Waals surface area contributed by atoms with E-state index in [9.17, 15) is 0 Å². The van der Waals surface area contributed by atoms with Crippen LogP contribution in [-0.2, 0) is 4.74 Å². The van der Waals surface area contributed by atoms with Crippen molar-refractivity contribution in [3.05, 3.63) is 66.3 Å². The summed E-state index contributed by atoms with van der Waals surface area (Å²) in [5, 5.41) is 0. The molecule has 0 saturated carbocycles. The zero-order chi connectivity index (χ0) is 12.1. The van der Waals surface area contributed by atoms with Gasteiger partial charge in [0.25, 0.3) is 0 Å². The second-order valence-corrected chi connectivity index (χ2v) is 4.19. The molecule has 0 radical (unpaired) electrons. The van der Waals surface area contributed by atoms with Gasteiger partial charge in [0, 0.05) is 25.7 Å². The number of rotatable bonds is 3. The summed E-state index contributed by atoms with van der Waals surface area (Å²) in [5.74, 6) is 0.277. The predicted octanol–water partition coefficient (Wildman–Crippen LogP) is 3.26. The molecular weight excluding hydrogens is 210 g/mol. The van der Waals surface area contributed by atoms with E-state index in [4.69, 9.17) is 4.74 Å². The summed E-state index contributed by atoms with van der Waals surface area (Å²) in [6, 6.07) is 10.3. The van der Waals surface area contributed by atoms with E-state index in [2.05, 4.69) is 61.5 Å². The number of hydrogen-bond acceptors (Lipinski definition) is 2. The van der Waals surface area contributed by atoms with Gasteiger partial charge >= 0.3 is 0 Å². The van der Waals surface area contributed by atoms with Gasteiger partial charge < -0.3 is 9.64 Å². The van der Waals surface area contributed by atoms with E-state index in [-0.39, 0.29) is 5.92 Å². The summed E-state index contributed by atoms with van der Waals surface area (Å²) in [7, 11) is 4.12. The van der Waals surface area contributed by atoms with E-state index in [1.165, 1.54) is 11.3 Å². The lowest BCUT2D eigenvalue weighted by atomic mass is 10.0. The summed E-state index contributed by atoms with van der Waals surface area (Å²) < 4.78 is 5.07. The summed E-state index contributed by atoms with van der Waals surface area (Å²) in [6.45, 7) is 0. The molecule has 0 aromatic heterocycles. The van der Waals surface area contributed by atoms with E-state index in [0.717, 1.165) is 0 Å². The quantitative estimate of drug-likeness (QED) is 0.786. The molecule has 1 aliphatic rings. The number of hydrogen-bond donors (Lipinski definition) is 0. The average Bonchev–Trinajstić information content (AvgIpc) is 2.38. The highest BCUT2D eigenvalue weighted by Gasteiger charge is 2.12. The minimum Gasteiger partial charge on any atom is -0.473 e. The first kappa shape index (κ1) is 11.5. The van der Waals surface area contributed by atoms with E-state index in [0.29, 0.717) is 0 Å². The zero-order valence-electron chi connectivity index (χ0n) is 10.2. The fourth-order valence-electron chi connectivity index (χ4n) is 1.81. The molecule has 0 aliphatic carbocycles. The predicted molar refractivity (Wildman–Crippen MR) is 71.0 cm³/mol. The second-order valence-electron chi connectivity index (χ2n) is 4.19. The first-order valence-corrected chi connectivity index (χ1v) is 5.70. The Morgan fingerprint density at radius 2 is 1.76 bits per heavy atom. The van der Waals surface area contributed by atoms with Crippen LogP contribution in [0.15, 0.2) is 60.7 Å². The maximum absolute atomic E-state index is 5.07. The fourth-order valence-corrected chi connectivity index (χ4v) is 1.81. The molecule has 1 aliphatic heterocycles. The van der Waals surface area contributed by atoms with E-state index in [1.54, 1.807) is 12.5 Å². The van der Waals surface area contributed by atoms with Crippen LogP contribution in [0.2, 0.25) is 0 Å². The van der Waals surface area contributed by atoms with Gasteiger partial charge in [0.1, 0.15) is 0 Å². The van der Waals surface area contributed by atoms with Crippen molar-refractivity contribution in [3.63, 3.8) is 0 Å². The smallest absolute Gasteiger partial charge is 0.0871 e. The zero-order valence-corrected chi connectivity index (χ0v) is 10.2. The van der Waals surface area contributed by atoms with Crippen molar-refractivity contribution in [3.8, 4) is 0 Å². The van der Waals surface area contributed by atoms with E-state index >= 15 is 0 Å². The van der Waals surface area contributed by atoms with Crippen LogP contribution in [0.5, 0.6) is 0 Å². The van der Waals surface area contributed by atoms with Crippen LogP contribution < -0.4 is 0 Å². The van der Waals surface area contributed by atoms with Crippen molar-refractivity contribution in [2.75, 3.05) is 14.1 Å². The van der Waals surface area contributed by atoms with Crippen LogP contribution >= 0.6 is 0 Å². The van der Waals surface area contributed by atoms with Gasteiger partial charge in [0.2, 0.25) is 0 Å². The molecule has 0 N–H and O–H groups in total. The number of ether oxygens (including phenoxy) is 1. The van der Waals surface area contributed by atoms with Crippen LogP contribution in [-0.4, -0.2) is 19.0 Å². The van der Waals surface area contributed by atoms with Crippen LogP contribution in [0.3, 0.4) is 0 Å². The summed E-state index contributed by atoms with van der Waals surface area (Å²) in [4.78, 5) is 2.14. The molecule has 0 unspecified atom stereocenters. The molecule has 0 atom stereocenters. The van der Waals surface area contributed by atoms with Crippen LogP contribution in [0.4, 0.5) is 0 Å². The average molecular weight is 227 g/mol. The minimum atomic E-state index is 0.277. The summed E-state index contributed by atoms with van der Waals surface area (Å²) in [6.07, 6.45) is 9.76. The number of benzene rings is 1. The Labute approximate surface area is 103 Å². The monoisotopic (exact) mass is 227 g/mol. The maximum atomic E-state index is 5.07. The Balaban J connectivity index is 2.29. The van der Waals surface area contributed by atoms with Crippen LogP contribution in [0.25, 0.3) is 6.08 Å². The molecule has 2 heteroatoms. The molecule has 1 aromatic carbocycles. The SMILES string of the molecule is CN(C)C(=Cc1ccccc1)C1C=COC=C1. The Hall–Kier alpha value is -1.96. The van der Waals surface area contributed by atoms with Crippen molar-refractivity contribution in [1.82, 2.24) is 4.90 Å².